The van der Waals surface area contributed by atoms with E-state index in [0.717, 1.165) is 6.42 Å². The van der Waals surface area contributed by atoms with E-state index < -0.39 is 18.1 Å². The summed E-state index contributed by atoms with van der Waals surface area (Å²) in [4.78, 5) is 62.4. The smallest absolute Gasteiger partial charge is 0.323 e. The number of aliphatic carboxylic acids is 2. The third kappa shape index (κ3) is 8.41. The molecule has 1 fully saturated rings. The summed E-state index contributed by atoms with van der Waals surface area (Å²) in [6, 6.07) is 0. The summed E-state index contributed by atoms with van der Waals surface area (Å²) >= 11 is 0. The highest BCUT2D eigenvalue weighted by Gasteiger charge is 2.32. The van der Waals surface area contributed by atoms with Crippen molar-refractivity contribution in [1.29, 1.82) is 0 Å². The summed E-state index contributed by atoms with van der Waals surface area (Å²) in [5, 5.41) is 20.9. The number of carboxylic acids is 2. The summed E-state index contributed by atoms with van der Waals surface area (Å²) in [7, 11) is 0. The fraction of sp³-hybridized carbons (Fsp3) is 0.542. The van der Waals surface area contributed by atoms with Crippen LogP contribution in [0.25, 0.3) is 4.85 Å². The second-order valence-electron chi connectivity index (χ2n) is 9.01. The summed E-state index contributed by atoms with van der Waals surface area (Å²) < 4.78 is 3.06. The monoisotopic (exact) mass is 528 g/mol. The molecule has 1 aliphatic heterocycles. The Balaban J connectivity index is 1.52. The Hall–Kier alpha value is -4.25. The molecule has 2 amide bonds. The number of nitrogens with zero attached hydrogens (tertiary/aromatic N) is 7. The minimum atomic E-state index is -0.994. The van der Waals surface area contributed by atoms with Crippen molar-refractivity contribution in [2.45, 2.75) is 64.4 Å². The molecule has 3 heterocycles. The van der Waals surface area contributed by atoms with Gasteiger partial charge in [0, 0.05) is 44.2 Å². The lowest BCUT2D eigenvalue weighted by Crippen LogP contribution is -2.41. The van der Waals surface area contributed by atoms with E-state index in [9.17, 15) is 19.2 Å². The number of carbonyl (C=O) groups excluding carboxylic acids is 2. The summed E-state index contributed by atoms with van der Waals surface area (Å²) in [6.07, 6.45) is 8.60. The first-order valence-electron chi connectivity index (χ1n) is 12.4. The van der Waals surface area contributed by atoms with Crippen LogP contribution in [0.2, 0.25) is 0 Å². The van der Waals surface area contributed by atoms with E-state index in [2.05, 4.69) is 20.1 Å². The van der Waals surface area contributed by atoms with Crippen molar-refractivity contribution >= 4 is 23.8 Å². The molecule has 3 rings (SSSR count). The van der Waals surface area contributed by atoms with Gasteiger partial charge < -0.3 is 24.7 Å². The largest absolute Gasteiger partial charge is 0.480 e. The van der Waals surface area contributed by atoms with Gasteiger partial charge in [0.25, 0.3) is 0 Å². The molecule has 0 radical (unpaired) electrons. The molecule has 38 heavy (non-hydrogen) atoms. The van der Waals surface area contributed by atoms with Crippen LogP contribution in [0.5, 0.6) is 0 Å². The van der Waals surface area contributed by atoms with Crippen molar-refractivity contribution in [3.05, 3.63) is 47.9 Å². The van der Waals surface area contributed by atoms with Crippen LogP contribution in [0.15, 0.2) is 24.8 Å². The average molecular weight is 529 g/mol. The number of carbonyl (C=O) groups is 4. The molecule has 1 aliphatic rings. The zero-order valence-corrected chi connectivity index (χ0v) is 21.0. The molecule has 1 saturated heterocycles. The lowest BCUT2D eigenvalue weighted by atomic mass is 10.2. The fourth-order valence-electron chi connectivity index (χ4n) is 4.34. The van der Waals surface area contributed by atoms with Crippen molar-refractivity contribution in [1.82, 2.24) is 34.2 Å². The Morgan fingerprint density at radius 1 is 1.03 bits per heavy atom. The van der Waals surface area contributed by atoms with E-state index in [-0.39, 0.29) is 37.9 Å². The molecule has 0 aliphatic carbocycles. The van der Waals surface area contributed by atoms with Gasteiger partial charge in [0.2, 0.25) is 11.8 Å². The Morgan fingerprint density at radius 3 is 2.18 bits per heavy atom. The second kappa shape index (κ2) is 13.9. The van der Waals surface area contributed by atoms with E-state index in [0.29, 0.717) is 57.1 Å². The summed E-state index contributed by atoms with van der Waals surface area (Å²) in [5.41, 5.74) is 0. The van der Waals surface area contributed by atoms with Crippen LogP contribution < -0.4 is 5.32 Å². The molecule has 0 spiro atoms. The van der Waals surface area contributed by atoms with Gasteiger partial charge in [-0.25, -0.2) is 16.5 Å². The lowest BCUT2D eigenvalue weighted by molar-refractivity contribution is -0.138. The number of nitrogens with one attached hydrogen (secondary N) is 1. The van der Waals surface area contributed by atoms with E-state index in [4.69, 9.17) is 16.8 Å². The molecule has 1 atom stereocenters. The van der Waals surface area contributed by atoms with Crippen LogP contribution in [0.1, 0.15) is 43.8 Å². The Kier molecular flexibility index (Phi) is 10.4. The second-order valence-corrected chi connectivity index (χ2v) is 9.01. The van der Waals surface area contributed by atoms with Crippen molar-refractivity contribution < 1.29 is 29.4 Å². The number of aromatic nitrogens is 4. The van der Waals surface area contributed by atoms with Gasteiger partial charge in [-0.3, -0.25) is 33.8 Å². The number of carboxylic acid groups (broad SMARTS) is 2. The SMILES string of the molecule is [C-]#[N+][C@@H]1CCCN1C(=O)CNC(=O)CCCCN(Cc1nccn1CC(=O)O)Cc1nccn1CC(=O)O. The number of unbranched alkanes of at least 4 members (excludes halogenated alkanes) is 1. The van der Waals surface area contributed by atoms with Crippen LogP contribution in [0.4, 0.5) is 0 Å². The van der Waals surface area contributed by atoms with Gasteiger partial charge in [-0.05, 0) is 25.8 Å². The van der Waals surface area contributed by atoms with E-state index in [1.807, 2.05) is 4.90 Å². The van der Waals surface area contributed by atoms with Crippen molar-refractivity contribution in [2.75, 3.05) is 19.6 Å². The predicted molar refractivity (Wildman–Crippen MR) is 132 cm³/mol. The highest BCUT2D eigenvalue weighted by Crippen LogP contribution is 2.18. The molecule has 204 valence electrons. The third-order valence-electron chi connectivity index (χ3n) is 6.20. The van der Waals surface area contributed by atoms with Crippen LogP contribution in [0.3, 0.4) is 0 Å². The number of likely N-dealkylation sites (tertiary alicyclic amines) is 1. The van der Waals surface area contributed by atoms with Crippen LogP contribution in [-0.4, -0.2) is 88.7 Å². The van der Waals surface area contributed by atoms with Crippen LogP contribution in [-0.2, 0) is 45.4 Å². The maximum Gasteiger partial charge on any atom is 0.323 e. The van der Waals surface area contributed by atoms with Gasteiger partial charge in [-0.1, -0.05) is 0 Å². The molecule has 2 aromatic rings. The minimum absolute atomic E-state index is 0.130. The molecular weight excluding hydrogens is 496 g/mol. The molecule has 2 aromatic heterocycles. The van der Waals surface area contributed by atoms with E-state index in [1.54, 1.807) is 12.4 Å². The summed E-state index contributed by atoms with van der Waals surface area (Å²) in [5.74, 6) is -1.41. The molecule has 3 N–H and O–H groups in total. The van der Waals surface area contributed by atoms with Gasteiger partial charge >= 0.3 is 18.1 Å². The minimum Gasteiger partial charge on any atom is -0.480 e. The first-order valence-corrected chi connectivity index (χ1v) is 12.4. The van der Waals surface area contributed by atoms with Gasteiger partial charge in [0.1, 0.15) is 24.7 Å². The average Bonchev–Trinajstić information content (AvgIpc) is 3.62. The maximum atomic E-state index is 12.3. The molecule has 0 saturated carbocycles. The Morgan fingerprint density at radius 2 is 1.63 bits per heavy atom. The van der Waals surface area contributed by atoms with Crippen LogP contribution in [0, 0.1) is 6.57 Å². The Labute approximate surface area is 219 Å². The number of imidazole rings is 2. The summed E-state index contributed by atoms with van der Waals surface area (Å²) in [6.45, 7) is 8.24. The number of hydrogen-bond acceptors (Lipinski definition) is 7. The van der Waals surface area contributed by atoms with Gasteiger partial charge in [0.15, 0.2) is 0 Å². The quantitative estimate of drug-likeness (QED) is 0.219. The molecule has 14 heteroatoms. The number of hydrogen-bond donors (Lipinski definition) is 3. The first-order chi connectivity index (χ1) is 18.3. The van der Waals surface area contributed by atoms with Gasteiger partial charge in [-0.15, -0.1) is 0 Å². The number of rotatable bonds is 15. The highest BCUT2D eigenvalue weighted by molar-refractivity contribution is 5.85. The van der Waals surface area contributed by atoms with E-state index >= 15 is 0 Å². The molecule has 0 bridgehead atoms. The lowest BCUT2D eigenvalue weighted by Gasteiger charge is -2.22. The first kappa shape index (κ1) is 28.3. The topological polar surface area (TPSA) is 167 Å². The molecular formula is C24H32N8O6. The van der Waals surface area contributed by atoms with Crippen molar-refractivity contribution in [2.24, 2.45) is 0 Å². The number of amides is 2. The zero-order valence-electron chi connectivity index (χ0n) is 21.0. The Bertz CT molecular complexity index is 1110. The van der Waals surface area contributed by atoms with Gasteiger partial charge in [-0.2, -0.15) is 0 Å². The molecule has 14 nitrogen and oxygen atoms in total. The highest BCUT2D eigenvalue weighted by atomic mass is 16.4. The third-order valence-corrected chi connectivity index (χ3v) is 6.20. The van der Waals surface area contributed by atoms with E-state index in [1.165, 1.54) is 26.4 Å². The predicted octanol–water partition coefficient (Wildman–Crippen LogP) is 0.405. The normalized spacial score (nSPS) is 14.9. The van der Waals surface area contributed by atoms with Gasteiger partial charge in [0.05, 0.1) is 19.6 Å². The molecule has 0 aromatic carbocycles. The van der Waals surface area contributed by atoms with Crippen molar-refractivity contribution in [3.63, 3.8) is 0 Å². The molecule has 0 unspecified atom stereocenters. The maximum absolute atomic E-state index is 12.3. The fourth-order valence-corrected chi connectivity index (χ4v) is 4.34. The van der Waals surface area contributed by atoms with Crippen LogP contribution >= 0.6 is 0 Å². The standard InChI is InChI=1S/C24H32N8O6/c1-25-18-5-4-10-32(18)22(34)13-28-21(33)6-2-3-9-29(14-19-26-7-11-30(19)16-23(35)36)15-20-27-8-12-31(20)17-24(37)38/h7-8,11-12,18H,2-6,9-10,13-17H2,(H,28,33)(H,35,36)(H,37,38)/t18-/m0/s1. The zero-order chi connectivity index (χ0) is 27.5. The van der Waals surface area contributed by atoms with Crippen molar-refractivity contribution in [3.8, 4) is 0 Å².